The zero-order valence-corrected chi connectivity index (χ0v) is 68.7. The van der Waals surface area contributed by atoms with Crippen LogP contribution < -0.4 is 21.3 Å². The molecule has 0 bridgehead atoms. The van der Waals surface area contributed by atoms with Crippen LogP contribution in [0.4, 0.5) is 0 Å². The van der Waals surface area contributed by atoms with Gasteiger partial charge in [0.2, 0.25) is 23.6 Å². The summed E-state index contributed by atoms with van der Waals surface area (Å²) in [6, 6.07) is 0. The zero-order valence-electron chi connectivity index (χ0n) is 68.7. The summed E-state index contributed by atoms with van der Waals surface area (Å²) in [6.07, 6.45) is 34.4. The highest BCUT2D eigenvalue weighted by Gasteiger charge is 2.29. The van der Waals surface area contributed by atoms with E-state index in [4.69, 9.17) is 18.9 Å². The van der Waals surface area contributed by atoms with E-state index < -0.39 is 48.3 Å². The normalized spacial score (nSPS) is 12.9. The third-order valence-corrected chi connectivity index (χ3v) is 20.2. The van der Waals surface area contributed by atoms with E-state index in [-0.39, 0.29) is 139 Å². The van der Waals surface area contributed by atoms with Crippen molar-refractivity contribution < 1.29 is 77.7 Å². The topological polar surface area (TPSA) is 312 Å². The first kappa shape index (κ1) is 101. The number of aliphatic hydroxyl groups is 4. The number of carbonyl (C=O) groups excluding carboxylic acids is 8. The second-order valence-electron chi connectivity index (χ2n) is 30.0. The molecule has 0 heterocycles. The SMILES string of the molecule is CCCCCCC(CCCCCC)C(=O)NCCOC(=O)C(O)CN(CCCN(C)CCCN(CC(O)C(=O)OCCNC(=O)C(CCCCCC)CCCCCC)CC(O)C(=O)OCCNC(=O)C(CCCCCC)CCCCCC)CC(O)C(=O)OCCNC(=O)C(CCCCCC)CCCCCC. The molecule has 106 heavy (non-hydrogen) atoms. The number of rotatable bonds is 76. The summed E-state index contributed by atoms with van der Waals surface area (Å²) in [5.74, 6) is -4.58. The van der Waals surface area contributed by atoms with Crippen LogP contribution in [0, 0.1) is 23.7 Å². The molecule has 0 rings (SSSR count). The van der Waals surface area contributed by atoms with Crippen LogP contribution >= 0.6 is 0 Å². The van der Waals surface area contributed by atoms with Crippen LogP contribution in [0.1, 0.15) is 325 Å². The minimum Gasteiger partial charge on any atom is -0.462 e. The number of carbonyl (C=O) groups is 8. The van der Waals surface area contributed by atoms with Crippen molar-refractivity contribution in [3.8, 4) is 0 Å². The molecule has 4 amide bonds. The van der Waals surface area contributed by atoms with Gasteiger partial charge in [-0.15, -0.1) is 0 Å². The minimum absolute atomic E-state index is 0.0671. The lowest BCUT2D eigenvalue weighted by atomic mass is 9.93. The number of aliphatic hydroxyl groups excluding tert-OH is 4. The highest BCUT2D eigenvalue weighted by molar-refractivity contribution is 5.81. The average Bonchev–Trinajstić information content (AvgIpc) is 0.904. The number of amides is 4. The maximum atomic E-state index is 13.3. The molecule has 0 aromatic heterocycles. The third-order valence-electron chi connectivity index (χ3n) is 20.2. The van der Waals surface area contributed by atoms with Crippen molar-refractivity contribution in [2.75, 3.05) is 112 Å². The van der Waals surface area contributed by atoms with Gasteiger partial charge in [-0.1, -0.05) is 261 Å². The Morgan fingerprint density at radius 1 is 0.264 bits per heavy atom. The lowest BCUT2D eigenvalue weighted by Gasteiger charge is -2.28. The van der Waals surface area contributed by atoms with Crippen LogP contribution in [0.5, 0.6) is 0 Å². The van der Waals surface area contributed by atoms with Gasteiger partial charge in [0.15, 0.2) is 24.4 Å². The van der Waals surface area contributed by atoms with Gasteiger partial charge in [-0.25, -0.2) is 19.2 Å². The van der Waals surface area contributed by atoms with E-state index in [2.05, 4.69) is 76.7 Å². The van der Waals surface area contributed by atoms with Crippen molar-refractivity contribution in [1.82, 2.24) is 36.0 Å². The second kappa shape index (κ2) is 70.8. The van der Waals surface area contributed by atoms with Crippen molar-refractivity contribution in [2.24, 2.45) is 23.7 Å². The number of ether oxygens (including phenoxy) is 4. The van der Waals surface area contributed by atoms with Gasteiger partial charge in [-0.2, -0.15) is 0 Å². The Morgan fingerprint density at radius 2 is 0.443 bits per heavy atom. The molecule has 23 heteroatoms. The Bertz CT molecular complexity index is 1860. The van der Waals surface area contributed by atoms with E-state index in [0.29, 0.717) is 25.9 Å². The summed E-state index contributed by atoms with van der Waals surface area (Å²) in [4.78, 5) is 112. The highest BCUT2D eigenvalue weighted by atomic mass is 16.6. The van der Waals surface area contributed by atoms with E-state index in [0.717, 1.165) is 257 Å². The van der Waals surface area contributed by atoms with E-state index in [1.165, 1.54) is 0 Å². The lowest BCUT2D eigenvalue weighted by molar-refractivity contribution is -0.158. The molecule has 8 N–H and O–H groups in total. The Morgan fingerprint density at radius 3 is 0.613 bits per heavy atom. The summed E-state index contributed by atoms with van der Waals surface area (Å²) in [5, 5.41) is 56.8. The number of nitrogens with one attached hydrogen (secondary N) is 4. The zero-order chi connectivity index (χ0) is 78.6. The molecule has 0 radical (unpaired) electrons. The number of esters is 4. The van der Waals surface area contributed by atoms with E-state index in [1.54, 1.807) is 9.80 Å². The monoisotopic (exact) mass is 1510 g/mol. The van der Waals surface area contributed by atoms with Gasteiger partial charge in [-0.05, 0) is 97.4 Å². The molecule has 0 spiro atoms. The summed E-state index contributed by atoms with van der Waals surface area (Å²) < 4.78 is 21.8. The molecule has 0 aliphatic rings. The first-order valence-corrected chi connectivity index (χ1v) is 42.9. The first-order valence-electron chi connectivity index (χ1n) is 42.9. The van der Waals surface area contributed by atoms with Crippen molar-refractivity contribution in [2.45, 2.75) is 349 Å². The number of hydrogen-bond acceptors (Lipinski definition) is 19. The Balaban J connectivity index is 6.35. The largest absolute Gasteiger partial charge is 0.462 e. The van der Waals surface area contributed by atoms with Gasteiger partial charge < -0.3 is 65.5 Å². The second-order valence-corrected chi connectivity index (χ2v) is 30.0. The molecule has 0 saturated carbocycles. The van der Waals surface area contributed by atoms with Gasteiger partial charge in [0, 0.05) is 49.9 Å². The molecule has 4 atom stereocenters. The number of hydrogen-bond donors (Lipinski definition) is 8. The van der Waals surface area contributed by atoms with Crippen LogP contribution in [0.3, 0.4) is 0 Å². The molecule has 0 aromatic rings. The number of unbranched alkanes of at least 4 members (excludes halogenated alkanes) is 24. The Labute approximate surface area is 643 Å². The molecule has 0 aromatic carbocycles. The Kier molecular flexibility index (Phi) is 67.8. The predicted octanol–water partition coefficient (Wildman–Crippen LogP) is 12.6. The fourth-order valence-electron chi connectivity index (χ4n) is 13.5. The van der Waals surface area contributed by atoms with Crippen LogP contribution in [0.25, 0.3) is 0 Å². The number of nitrogens with zero attached hydrogens (tertiary/aromatic N) is 3. The molecule has 23 nitrogen and oxygen atoms in total. The highest BCUT2D eigenvalue weighted by Crippen LogP contribution is 2.23. The summed E-state index contributed by atoms with van der Waals surface area (Å²) in [7, 11) is 1.87. The molecule has 0 fully saturated rings. The van der Waals surface area contributed by atoms with E-state index >= 15 is 0 Å². The van der Waals surface area contributed by atoms with Crippen molar-refractivity contribution >= 4 is 47.5 Å². The first-order chi connectivity index (χ1) is 51.3. The fourth-order valence-corrected chi connectivity index (χ4v) is 13.5. The van der Waals surface area contributed by atoms with Gasteiger partial charge in [0.05, 0.1) is 26.2 Å². The van der Waals surface area contributed by atoms with Gasteiger partial charge >= 0.3 is 23.9 Å². The summed E-state index contributed by atoms with van der Waals surface area (Å²) in [6.45, 7) is 16.8. The van der Waals surface area contributed by atoms with Crippen LogP contribution in [-0.4, -0.2) is 219 Å². The molecule has 622 valence electrons. The van der Waals surface area contributed by atoms with E-state index in [9.17, 15) is 58.8 Å². The minimum atomic E-state index is -1.68. The molecule has 0 saturated heterocycles. The van der Waals surface area contributed by atoms with Crippen LogP contribution in [0.15, 0.2) is 0 Å². The maximum Gasteiger partial charge on any atom is 0.336 e. The van der Waals surface area contributed by atoms with Crippen molar-refractivity contribution in [1.29, 1.82) is 0 Å². The summed E-state index contributed by atoms with van der Waals surface area (Å²) >= 11 is 0. The van der Waals surface area contributed by atoms with Crippen molar-refractivity contribution in [3.05, 3.63) is 0 Å². The Hall–Kier alpha value is -4.52. The molecule has 4 unspecified atom stereocenters. The summed E-state index contributed by atoms with van der Waals surface area (Å²) in [5.41, 5.74) is 0. The molecule has 0 aliphatic heterocycles. The van der Waals surface area contributed by atoms with Crippen molar-refractivity contribution in [3.63, 3.8) is 0 Å². The third kappa shape index (κ3) is 55.8. The van der Waals surface area contributed by atoms with Crippen LogP contribution in [-0.2, 0) is 57.3 Å². The molecule has 0 aliphatic carbocycles. The van der Waals surface area contributed by atoms with E-state index in [1.807, 2.05) is 11.9 Å². The molecular formula is C83H159N7O16. The average molecular weight is 1510 g/mol. The van der Waals surface area contributed by atoms with Crippen LogP contribution in [0.2, 0.25) is 0 Å². The quantitative estimate of drug-likeness (QED) is 0.0159. The lowest BCUT2D eigenvalue weighted by Crippen LogP contribution is -2.45. The van der Waals surface area contributed by atoms with Gasteiger partial charge in [-0.3, -0.25) is 29.0 Å². The standard InChI is InChI=1S/C83H159N7O16/c1-10-18-26-34-44-68(45-35-27-19-11-2)76(95)84-52-60-103-80(99)72(91)64-89(65-73(92)81(100)104-61-53-85-77(96)69(46-36-28-20-12-3)47-37-29-21-13-4)58-42-56-88(9)57-43-59-90(66-74(93)82(101)105-62-54-86-78(97)70(48-38-30-22-14-5)49-39-31-23-15-6)67-75(94)83(102)106-63-55-87-79(98)71(50-40-32-24-16-7)51-41-33-25-17-8/h68-75,91-94H,10-67H2,1-9H3,(H,84,95)(H,85,96)(H,86,97)(H,87,98). The maximum absolute atomic E-state index is 13.3. The molecular weight excluding hydrogens is 1350 g/mol. The predicted molar refractivity (Wildman–Crippen MR) is 424 cm³/mol. The van der Waals surface area contributed by atoms with Gasteiger partial charge in [0.25, 0.3) is 0 Å². The van der Waals surface area contributed by atoms with Gasteiger partial charge in [0.1, 0.15) is 26.4 Å². The fraction of sp³-hybridized carbons (Fsp3) is 0.904. The smallest absolute Gasteiger partial charge is 0.336 e.